The van der Waals surface area contributed by atoms with Crippen LogP contribution in [0.1, 0.15) is 12.0 Å². The van der Waals surface area contributed by atoms with Crippen LogP contribution in [0, 0.1) is 11.8 Å². The third-order valence-corrected chi connectivity index (χ3v) is 5.84. The van der Waals surface area contributed by atoms with Crippen LogP contribution in [0.5, 0.6) is 0 Å². The standard InChI is InChI=1S/C16H26N2O3S/c1-17(2)9-15-8-16(12-19)11-18(10-15)22(20,21)13-14-6-4-3-5-7-14/h3-7,15-16,19H,8-13H2,1-2H3/t15-,16+/m1/s1. The topological polar surface area (TPSA) is 60.9 Å². The van der Waals surface area contributed by atoms with Crippen molar-refractivity contribution >= 4 is 10.0 Å². The van der Waals surface area contributed by atoms with E-state index >= 15 is 0 Å². The number of aliphatic hydroxyl groups is 1. The summed E-state index contributed by atoms with van der Waals surface area (Å²) in [6.07, 6.45) is 0.881. The minimum absolute atomic E-state index is 0.0284. The molecule has 1 fully saturated rings. The fraction of sp³-hybridized carbons (Fsp3) is 0.625. The highest BCUT2D eigenvalue weighted by Crippen LogP contribution is 2.25. The summed E-state index contributed by atoms with van der Waals surface area (Å²) in [5, 5.41) is 9.48. The van der Waals surface area contributed by atoms with Gasteiger partial charge in [-0.25, -0.2) is 12.7 Å². The van der Waals surface area contributed by atoms with E-state index in [9.17, 15) is 13.5 Å². The molecule has 2 atom stereocenters. The molecule has 1 aromatic carbocycles. The first-order chi connectivity index (χ1) is 10.4. The number of rotatable bonds is 6. The molecule has 1 aliphatic rings. The van der Waals surface area contributed by atoms with Crippen LogP contribution >= 0.6 is 0 Å². The number of hydrogen-bond acceptors (Lipinski definition) is 4. The van der Waals surface area contributed by atoms with Crippen molar-refractivity contribution in [1.29, 1.82) is 0 Å². The highest BCUT2D eigenvalue weighted by atomic mass is 32.2. The maximum absolute atomic E-state index is 12.7. The Balaban J connectivity index is 2.10. The second-order valence-corrected chi connectivity index (χ2v) is 8.44. The van der Waals surface area contributed by atoms with Gasteiger partial charge >= 0.3 is 0 Å². The summed E-state index contributed by atoms with van der Waals surface area (Å²) in [4.78, 5) is 2.08. The summed E-state index contributed by atoms with van der Waals surface area (Å²) < 4.78 is 26.9. The van der Waals surface area contributed by atoms with Crippen molar-refractivity contribution in [2.24, 2.45) is 11.8 Å². The number of benzene rings is 1. The number of piperidine rings is 1. The predicted molar refractivity (Wildman–Crippen MR) is 87.9 cm³/mol. The molecule has 1 heterocycles. The van der Waals surface area contributed by atoms with E-state index in [4.69, 9.17) is 0 Å². The Kier molecular flexibility index (Phi) is 5.97. The molecule has 1 N–H and O–H groups in total. The van der Waals surface area contributed by atoms with E-state index in [1.54, 1.807) is 4.31 Å². The normalized spacial score (nSPS) is 23.8. The lowest BCUT2D eigenvalue weighted by Gasteiger charge is -2.37. The fourth-order valence-corrected chi connectivity index (χ4v) is 4.83. The second kappa shape index (κ2) is 7.55. The predicted octanol–water partition coefficient (Wildman–Crippen LogP) is 1.01. The molecule has 1 aliphatic heterocycles. The van der Waals surface area contributed by atoms with Crippen LogP contribution in [0.2, 0.25) is 0 Å². The molecule has 1 aromatic rings. The van der Waals surface area contributed by atoms with Gasteiger partial charge in [0.05, 0.1) is 5.75 Å². The first-order valence-corrected chi connectivity index (χ1v) is 9.29. The van der Waals surface area contributed by atoms with E-state index in [0.717, 1.165) is 18.5 Å². The van der Waals surface area contributed by atoms with Crippen molar-refractivity contribution in [2.45, 2.75) is 12.2 Å². The van der Waals surface area contributed by atoms with Crippen LogP contribution in [0.3, 0.4) is 0 Å². The average molecular weight is 326 g/mol. The minimum Gasteiger partial charge on any atom is -0.396 e. The maximum atomic E-state index is 12.7. The summed E-state index contributed by atoms with van der Waals surface area (Å²) >= 11 is 0. The van der Waals surface area contributed by atoms with E-state index in [1.807, 2.05) is 44.4 Å². The Hall–Kier alpha value is -0.950. The zero-order chi connectivity index (χ0) is 16.2. The first-order valence-electron chi connectivity index (χ1n) is 7.68. The summed E-state index contributed by atoms with van der Waals surface area (Å²) in [6.45, 7) is 1.86. The molecule has 0 aromatic heterocycles. The minimum atomic E-state index is -3.34. The number of hydrogen-bond donors (Lipinski definition) is 1. The Morgan fingerprint density at radius 1 is 1.18 bits per heavy atom. The van der Waals surface area contributed by atoms with Gasteiger partial charge in [0.1, 0.15) is 0 Å². The molecule has 5 nitrogen and oxygen atoms in total. The van der Waals surface area contributed by atoms with Crippen LogP contribution in [0.25, 0.3) is 0 Å². The van der Waals surface area contributed by atoms with Crippen molar-refractivity contribution in [2.75, 3.05) is 40.3 Å². The molecule has 0 spiro atoms. The lowest BCUT2D eigenvalue weighted by Crippen LogP contribution is -2.47. The zero-order valence-electron chi connectivity index (χ0n) is 13.4. The van der Waals surface area contributed by atoms with Gasteiger partial charge in [-0.2, -0.15) is 0 Å². The van der Waals surface area contributed by atoms with Crippen LogP contribution in [0.15, 0.2) is 30.3 Å². The Bertz CT molecular complexity index is 560. The van der Waals surface area contributed by atoms with Crippen molar-refractivity contribution in [3.8, 4) is 0 Å². The second-order valence-electron chi connectivity index (χ2n) is 6.47. The monoisotopic (exact) mass is 326 g/mol. The van der Waals surface area contributed by atoms with Gasteiger partial charge in [-0.3, -0.25) is 0 Å². The smallest absolute Gasteiger partial charge is 0.218 e. The quantitative estimate of drug-likeness (QED) is 0.847. The van der Waals surface area contributed by atoms with E-state index < -0.39 is 10.0 Å². The van der Waals surface area contributed by atoms with Crippen molar-refractivity contribution < 1.29 is 13.5 Å². The molecule has 2 rings (SSSR count). The van der Waals surface area contributed by atoms with Crippen molar-refractivity contribution in [3.05, 3.63) is 35.9 Å². The zero-order valence-corrected chi connectivity index (χ0v) is 14.2. The van der Waals surface area contributed by atoms with Gasteiger partial charge in [-0.1, -0.05) is 30.3 Å². The lowest BCUT2D eigenvalue weighted by molar-refractivity contribution is 0.117. The van der Waals surface area contributed by atoms with E-state index in [-0.39, 0.29) is 24.2 Å². The Morgan fingerprint density at radius 2 is 1.82 bits per heavy atom. The third kappa shape index (κ3) is 4.78. The largest absolute Gasteiger partial charge is 0.396 e. The molecule has 124 valence electrons. The van der Waals surface area contributed by atoms with E-state index in [2.05, 4.69) is 4.90 Å². The molecule has 22 heavy (non-hydrogen) atoms. The van der Waals surface area contributed by atoms with Crippen LogP contribution < -0.4 is 0 Å². The number of nitrogens with zero attached hydrogens (tertiary/aromatic N) is 2. The number of aliphatic hydroxyl groups excluding tert-OH is 1. The van der Waals surface area contributed by atoms with E-state index in [0.29, 0.717) is 13.1 Å². The molecule has 0 amide bonds. The van der Waals surface area contributed by atoms with Crippen molar-refractivity contribution in [3.63, 3.8) is 0 Å². The number of sulfonamides is 1. The van der Waals surface area contributed by atoms with Crippen LogP contribution in [-0.4, -0.2) is 63.1 Å². The molecule has 0 aliphatic carbocycles. The molecular weight excluding hydrogens is 300 g/mol. The molecule has 0 unspecified atom stereocenters. The van der Waals surface area contributed by atoms with Crippen LogP contribution in [-0.2, 0) is 15.8 Å². The van der Waals surface area contributed by atoms with Crippen molar-refractivity contribution in [1.82, 2.24) is 9.21 Å². The van der Waals surface area contributed by atoms with Gasteiger partial charge < -0.3 is 10.0 Å². The molecule has 0 saturated carbocycles. The highest BCUT2D eigenvalue weighted by Gasteiger charge is 2.33. The van der Waals surface area contributed by atoms with Gasteiger partial charge in [-0.15, -0.1) is 0 Å². The van der Waals surface area contributed by atoms with Gasteiger partial charge in [0.25, 0.3) is 0 Å². The molecule has 0 radical (unpaired) electrons. The first kappa shape index (κ1) is 17.4. The van der Waals surface area contributed by atoms with Gasteiger partial charge in [0.2, 0.25) is 10.0 Å². The lowest BCUT2D eigenvalue weighted by atomic mass is 9.91. The summed E-state index contributed by atoms with van der Waals surface area (Å²) in [5.74, 6) is 0.330. The fourth-order valence-electron chi connectivity index (χ4n) is 3.16. The SMILES string of the molecule is CN(C)C[C@H]1C[C@H](CO)CN(S(=O)(=O)Cc2ccccc2)C1. The Morgan fingerprint density at radius 3 is 2.41 bits per heavy atom. The summed E-state index contributed by atoms with van der Waals surface area (Å²) in [6, 6.07) is 9.26. The van der Waals surface area contributed by atoms with Gasteiger partial charge in [0, 0.05) is 26.2 Å². The van der Waals surface area contributed by atoms with Gasteiger partial charge in [-0.05, 0) is 37.9 Å². The summed E-state index contributed by atoms with van der Waals surface area (Å²) in [7, 11) is 0.638. The molecule has 6 heteroatoms. The highest BCUT2D eigenvalue weighted by molar-refractivity contribution is 7.88. The molecule has 0 bridgehead atoms. The molecular formula is C16H26N2O3S. The average Bonchev–Trinajstić information content (AvgIpc) is 2.46. The Labute approximate surface area is 133 Å². The summed E-state index contributed by atoms with van der Waals surface area (Å²) in [5.41, 5.74) is 0.804. The van der Waals surface area contributed by atoms with E-state index in [1.165, 1.54) is 0 Å². The van der Waals surface area contributed by atoms with Gasteiger partial charge in [0.15, 0.2) is 0 Å². The third-order valence-electron chi connectivity index (χ3n) is 4.06. The van der Waals surface area contributed by atoms with Crippen LogP contribution in [0.4, 0.5) is 0 Å². The maximum Gasteiger partial charge on any atom is 0.218 e. The molecule has 1 saturated heterocycles.